The third-order valence-electron chi connectivity index (χ3n) is 2.69. The Morgan fingerprint density at radius 2 is 2.06 bits per heavy atom. The molecule has 0 radical (unpaired) electrons. The van der Waals surface area contributed by atoms with Crippen LogP contribution in [0.2, 0.25) is 0 Å². The molecule has 2 heterocycles. The Balaban J connectivity index is 0.00000144. The van der Waals surface area contributed by atoms with Crippen molar-refractivity contribution in [3.63, 3.8) is 0 Å². The van der Waals surface area contributed by atoms with E-state index in [0.29, 0.717) is 0 Å². The zero-order valence-electron chi connectivity index (χ0n) is 9.69. The number of nitrogens with zero attached hydrogens (tertiary/aromatic N) is 1. The molecular formula is C11H16Cl2FN3O. The van der Waals surface area contributed by atoms with E-state index in [4.69, 9.17) is 0 Å². The Labute approximate surface area is 118 Å². The normalized spacial score (nSPS) is 15.2. The highest BCUT2D eigenvalue weighted by Crippen LogP contribution is 2.07. The number of rotatable bonds is 2. The lowest BCUT2D eigenvalue weighted by atomic mass is 10.1. The van der Waals surface area contributed by atoms with E-state index in [2.05, 4.69) is 15.6 Å². The number of aromatic nitrogens is 1. The van der Waals surface area contributed by atoms with Crippen molar-refractivity contribution in [2.75, 3.05) is 13.1 Å². The summed E-state index contributed by atoms with van der Waals surface area (Å²) in [6, 6.07) is 1.53. The molecule has 2 N–H and O–H groups in total. The van der Waals surface area contributed by atoms with Gasteiger partial charge in [-0.3, -0.25) is 9.78 Å². The van der Waals surface area contributed by atoms with E-state index in [9.17, 15) is 9.18 Å². The quantitative estimate of drug-likeness (QED) is 0.870. The van der Waals surface area contributed by atoms with Crippen LogP contribution in [-0.4, -0.2) is 30.0 Å². The van der Waals surface area contributed by atoms with E-state index in [0.717, 1.165) is 32.1 Å². The summed E-state index contributed by atoms with van der Waals surface area (Å²) in [6.45, 7) is 1.79. The minimum absolute atomic E-state index is 0. The molecule has 2 rings (SSSR count). The minimum atomic E-state index is -0.575. The van der Waals surface area contributed by atoms with Gasteiger partial charge in [0.2, 0.25) is 0 Å². The van der Waals surface area contributed by atoms with E-state index < -0.39 is 5.82 Å². The zero-order chi connectivity index (χ0) is 11.4. The second-order valence-electron chi connectivity index (χ2n) is 3.85. The van der Waals surface area contributed by atoms with E-state index in [1.807, 2.05) is 0 Å². The van der Waals surface area contributed by atoms with E-state index in [1.54, 1.807) is 0 Å². The molecule has 7 heteroatoms. The summed E-state index contributed by atoms with van der Waals surface area (Å²) in [5.41, 5.74) is 0.0635. The van der Waals surface area contributed by atoms with Gasteiger partial charge in [-0.2, -0.15) is 0 Å². The molecule has 1 aromatic heterocycles. The van der Waals surface area contributed by atoms with Gasteiger partial charge in [-0.25, -0.2) is 4.39 Å². The maximum atomic E-state index is 13.3. The minimum Gasteiger partial charge on any atom is -0.349 e. The number of pyridine rings is 1. The summed E-state index contributed by atoms with van der Waals surface area (Å²) in [7, 11) is 0. The zero-order valence-corrected chi connectivity index (χ0v) is 11.3. The van der Waals surface area contributed by atoms with Gasteiger partial charge < -0.3 is 10.6 Å². The number of piperidine rings is 1. The van der Waals surface area contributed by atoms with Crippen LogP contribution in [0.25, 0.3) is 0 Å². The second-order valence-corrected chi connectivity index (χ2v) is 3.85. The summed E-state index contributed by atoms with van der Waals surface area (Å²) in [5, 5.41) is 6.03. The number of nitrogens with one attached hydrogen (secondary N) is 2. The molecule has 18 heavy (non-hydrogen) atoms. The lowest BCUT2D eigenvalue weighted by molar-refractivity contribution is 0.0925. The van der Waals surface area contributed by atoms with Gasteiger partial charge in [0.05, 0.1) is 11.8 Å². The van der Waals surface area contributed by atoms with Crippen molar-refractivity contribution in [2.24, 2.45) is 0 Å². The number of carbonyl (C=O) groups excluding carboxylic acids is 1. The molecule has 0 atom stereocenters. The first kappa shape index (κ1) is 17.1. The molecule has 1 aromatic rings. The first-order chi connectivity index (χ1) is 7.77. The summed E-state index contributed by atoms with van der Waals surface area (Å²) in [6.07, 6.45) is 4.24. The van der Waals surface area contributed by atoms with Crippen LogP contribution < -0.4 is 10.6 Å². The van der Waals surface area contributed by atoms with Crippen molar-refractivity contribution in [1.82, 2.24) is 15.6 Å². The molecule has 102 valence electrons. The predicted molar refractivity (Wildman–Crippen MR) is 72.0 cm³/mol. The Hall–Kier alpha value is -0.910. The molecule has 0 aliphatic carbocycles. The fourth-order valence-corrected chi connectivity index (χ4v) is 1.79. The molecule has 0 aromatic carbocycles. The molecule has 1 aliphatic rings. The topological polar surface area (TPSA) is 54.0 Å². The van der Waals surface area contributed by atoms with Crippen LogP contribution in [0, 0.1) is 5.82 Å². The van der Waals surface area contributed by atoms with Crippen LogP contribution >= 0.6 is 24.8 Å². The van der Waals surface area contributed by atoms with Crippen molar-refractivity contribution >= 4 is 30.7 Å². The fraction of sp³-hybridized carbons (Fsp3) is 0.455. The maximum Gasteiger partial charge on any atom is 0.254 e. The molecule has 0 spiro atoms. The first-order valence-electron chi connectivity index (χ1n) is 5.38. The molecule has 1 amide bonds. The fourth-order valence-electron chi connectivity index (χ4n) is 1.79. The number of hydrogen-bond acceptors (Lipinski definition) is 3. The SMILES string of the molecule is Cl.Cl.O=C(NC1CCNCC1)c1ccncc1F. The Bertz CT molecular complexity index is 386. The highest BCUT2D eigenvalue weighted by molar-refractivity contribution is 5.94. The van der Waals surface area contributed by atoms with Crippen molar-refractivity contribution in [3.8, 4) is 0 Å². The lowest BCUT2D eigenvalue weighted by Crippen LogP contribution is -2.42. The van der Waals surface area contributed by atoms with Crippen LogP contribution in [0.3, 0.4) is 0 Å². The Morgan fingerprint density at radius 1 is 1.39 bits per heavy atom. The molecule has 0 saturated carbocycles. The second kappa shape index (κ2) is 8.24. The van der Waals surface area contributed by atoms with Crippen molar-refractivity contribution in [3.05, 3.63) is 29.8 Å². The number of amides is 1. The van der Waals surface area contributed by atoms with Crippen LogP contribution in [-0.2, 0) is 0 Å². The molecular weight excluding hydrogens is 280 g/mol. The van der Waals surface area contributed by atoms with E-state index in [1.165, 1.54) is 12.3 Å². The summed E-state index contributed by atoms with van der Waals surface area (Å²) in [5.74, 6) is -0.930. The third-order valence-corrected chi connectivity index (χ3v) is 2.69. The predicted octanol–water partition coefficient (Wildman–Crippen LogP) is 1.55. The van der Waals surface area contributed by atoms with Gasteiger partial charge in [0.25, 0.3) is 5.91 Å². The average Bonchev–Trinajstić information content (AvgIpc) is 2.31. The standard InChI is InChI=1S/C11H14FN3O.2ClH/c12-10-7-14-6-3-9(10)11(16)15-8-1-4-13-5-2-8;;/h3,6-8,13H,1-2,4-5H2,(H,15,16);2*1H. The highest BCUT2D eigenvalue weighted by Gasteiger charge is 2.18. The van der Waals surface area contributed by atoms with Gasteiger partial charge in [-0.05, 0) is 32.0 Å². The van der Waals surface area contributed by atoms with E-state index >= 15 is 0 Å². The number of hydrogen-bond donors (Lipinski definition) is 2. The number of halogens is 3. The third kappa shape index (κ3) is 4.40. The van der Waals surface area contributed by atoms with Gasteiger partial charge in [-0.15, -0.1) is 24.8 Å². The van der Waals surface area contributed by atoms with Crippen LogP contribution in [0.4, 0.5) is 4.39 Å². The molecule has 1 aliphatic heterocycles. The monoisotopic (exact) mass is 295 g/mol. The van der Waals surface area contributed by atoms with Crippen molar-refractivity contribution < 1.29 is 9.18 Å². The molecule has 0 bridgehead atoms. The lowest BCUT2D eigenvalue weighted by Gasteiger charge is -2.23. The Kier molecular flexibility index (Phi) is 7.82. The smallest absolute Gasteiger partial charge is 0.254 e. The van der Waals surface area contributed by atoms with Gasteiger partial charge in [-0.1, -0.05) is 0 Å². The van der Waals surface area contributed by atoms with E-state index in [-0.39, 0.29) is 42.3 Å². The molecule has 1 fully saturated rings. The summed E-state index contributed by atoms with van der Waals surface area (Å²) < 4.78 is 13.3. The Morgan fingerprint density at radius 3 is 2.67 bits per heavy atom. The molecule has 1 saturated heterocycles. The number of carbonyl (C=O) groups is 1. The summed E-state index contributed by atoms with van der Waals surface area (Å²) in [4.78, 5) is 15.3. The van der Waals surface area contributed by atoms with Gasteiger partial charge in [0, 0.05) is 12.2 Å². The first-order valence-corrected chi connectivity index (χ1v) is 5.38. The van der Waals surface area contributed by atoms with Crippen LogP contribution in [0.5, 0.6) is 0 Å². The maximum absolute atomic E-state index is 13.3. The summed E-state index contributed by atoms with van der Waals surface area (Å²) >= 11 is 0. The van der Waals surface area contributed by atoms with Crippen LogP contribution in [0.1, 0.15) is 23.2 Å². The van der Waals surface area contributed by atoms with Gasteiger partial charge in [0.15, 0.2) is 5.82 Å². The average molecular weight is 296 g/mol. The van der Waals surface area contributed by atoms with Crippen LogP contribution in [0.15, 0.2) is 18.5 Å². The van der Waals surface area contributed by atoms with Gasteiger partial charge in [0.1, 0.15) is 0 Å². The van der Waals surface area contributed by atoms with Crippen molar-refractivity contribution in [1.29, 1.82) is 0 Å². The molecule has 0 unspecified atom stereocenters. The molecule has 4 nitrogen and oxygen atoms in total. The van der Waals surface area contributed by atoms with Gasteiger partial charge >= 0.3 is 0 Å². The van der Waals surface area contributed by atoms with Crippen molar-refractivity contribution in [2.45, 2.75) is 18.9 Å². The largest absolute Gasteiger partial charge is 0.349 e. The highest BCUT2D eigenvalue weighted by atomic mass is 35.5.